The average Bonchev–Trinajstić information content (AvgIpc) is 2.94. The molecular weight excluding hydrogens is 380 g/mol. The smallest absolute Gasteiger partial charge is 0.334 e. The molecule has 0 unspecified atom stereocenters. The van der Waals surface area contributed by atoms with Crippen LogP contribution in [0.2, 0.25) is 0 Å². The first kappa shape index (κ1) is 22.3. The Kier molecular flexibility index (Phi) is 6.92. The van der Waals surface area contributed by atoms with Gasteiger partial charge in [0.2, 0.25) is 0 Å². The van der Waals surface area contributed by atoms with E-state index in [-0.39, 0.29) is 16.7 Å². The molecule has 1 heterocycles. The fourth-order valence-corrected chi connectivity index (χ4v) is 3.34. The Hall–Kier alpha value is -3.00. The molecule has 0 aromatic heterocycles. The van der Waals surface area contributed by atoms with Gasteiger partial charge in [0, 0.05) is 23.6 Å². The molecule has 0 bridgehead atoms. The van der Waals surface area contributed by atoms with Crippen LogP contribution in [0.3, 0.4) is 0 Å². The minimum Gasteiger partial charge on any atom is -0.455 e. The number of rotatable bonds is 4. The molecule has 2 aliphatic rings. The van der Waals surface area contributed by atoms with Gasteiger partial charge in [-0.15, -0.1) is 0 Å². The lowest BCUT2D eigenvalue weighted by atomic mass is 9.80. The molecule has 1 fully saturated rings. The largest absolute Gasteiger partial charge is 0.455 e. The van der Waals surface area contributed by atoms with Crippen LogP contribution in [0.5, 0.6) is 0 Å². The number of carbonyl (C=O) groups excluding carboxylic acids is 4. The summed E-state index contributed by atoms with van der Waals surface area (Å²) in [6.07, 6.45) is -2.52. The summed E-state index contributed by atoms with van der Waals surface area (Å²) in [5, 5.41) is 10.7. The van der Waals surface area contributed by atoms with Crippen LogP contribution in [0.25, 0.3) is 0 Å². The number of hydrogen-bond acceptors (Lipinski definition) is 8. The van der Waals surface area contributed by atoms with Crippen LogP contribution in [0, 0.1) is 5.92 Å². The summed E-state index contributed by atoms with van der Waals surface area (Å²) >= 11 is 0. The minimum atomic E-state index is -1.36. The highest BCUT2D eigenvalue weighted by Crippen LogP contribution is 2.39. The number of hydrogen-bond donors (Lipinski definition) is 1. The molecule has 0 spiro atoms. The lowest BCUT2D eigenvalue weighted by Crippen LogP contribution is -2.48. The third-order valence-corrected chi connectivity index (χ3v) is 4.84. The van der Waals surface area contributed by atoms with Crippen molar-refractivity contribution in [2.45, 2.75) is 51.1 Å². The van der Waals surface area contributed by atoms with Crippen molar-refractivity contribution in [2.24, 2.45) is 5.92 Å². The highest BCUT2D eigenvalue weighted by Gasteiger charge is 2.52. The van der Waals surface area contributed by atoms with Crippen LogP contribution in [-0.4, -0.2) is 53.7 Å². The molecular formula is C21H24O8. The molecule has 156 valence electrons. The zero-order chi connectivity index (χ0) is 21.9. The highest BCUT2D eigenvalue weighted by molar-refractivity contribution is 5.92. The van der Waals surface area contributed by atoms with Gasteiger partial charge in [0.05, 0.1) is 5.92 Å². The summed E-state index contributed by atoms with van der Waals surface area (Å²) in [4.78, 5) is 48.0. The molecule has 0 radical (unpaired) electrons. The van der Waals surface area contributed by atoms with E-state index >= 15 is 0 Å². The Bertz CT molecular complexity index is 805. The maximum Gasteiger partial charge on any atom is 0.334 e. The molecule has 29 heavy (non-hydrogen) atoms. The lowest BCUT2D eigenvalue weighted by molar-refractivity contribution is -0.168. The van der Waals surface area contributed by atoms with Crippen LogP contribution >= 0.6 is 0 Å². The summed E-state index contributed by atoms with van der Waals surface area (Å²) < 4.78 is 16.1. The normalized spacial score (nSPS) is 31.6. The topological polar surface area (TPSA) is 116 Å². The van der Waals surface area contributed by atoms with Crippen molar-refractivity contribution in [2.75, 3.05) is 0 Å². The number of aliphatic hydroxyl groups excluding tert-OH is 1. The summed E-state index contributed by atoms with van der Waals surface area (Å²) in [5.41, 5.74) is 0.400. The van der Waals surface area contributed by atoms with Crippen molar-refractivity contribution >= 4 is 24.2 Å². The zero-order valence-corrected chi connectivity index (χ0v) is 16.4. The number of carbonyl (C=O) groups is 4. The monoisotopic (exact) mass is 404 g/mol. The number of aldehydes is 1. The van der Waals surface area contributed by atoms with Crippen LogP contribution in [-0.2, 0) is 33.4 Å². The molecule has 2 rings (SSSR count). The second-order valence-corrected chi connectivity index (χ2v) is 7.06. The first-order chi connectivity index (χ1) is 13.6. The van der Waals surface area contributed by atoms with E-state index in [2.05, 4.69) is 19.7 Å². The molecule has 1 aliphatic heterocycles. The van der Waals surface area contributed by atoms with Crippen LogP contribution < -0.4 is 0 Å². The predicted octanol–water partition coefficient (Wildman–Crippen LogP) is 1.34. The van der Waals surface area contributed by atoms with Crippen LogP contribution in [0.1, 0.15) is 26.7 Å². The van der Waals surface area contributed by atoms with Gasteiger partial charge in [-0.05, 0) is 25.3 Å². The average molecular weight is 404 g/mol. The van der Waals surface area contributed by atoms with Gasteiger partial charge in [-0.3, -0.25) is 9.59 Å². The number of aliphatic hydroxyl groups is 1. The van der Waals surface area contributed by atoms with Gasteiger partial charge in [0.15, 0.2) is 12.2 Å². The molecule has 8 heteroatoms. The Morgan fingerprint density at radius 3 is 2.48 bits per heavy atom. The molecule has 0 aromatic carbocycles. The summed E-state index contributed by atoms with van der Waals surface area (Å²) in [6, 6.07) is 0. The highest BCUT2D eigenvalue weighted by atomic mass is 16.6. The lowest BCUT2D eigenvalue weighted by Gasteiger charge is -2.35. The van der Waals surface area contributed by atoms with Crippen molar-refractivity contribution in [3.8, 4) is 0 Å². The second-order valence-electron chi connectivity index (χ2n) is 7.06. The predicted molar refractivity (Wildman–Crippen MR) is 101 cm³/mol. The molecule has 1 aliphatic carbocycles. The Morgan fingerprint density at radius 1 is 1.28 bits per heavy atom. The summed E-state index contributed by atoms with van der Waals surface area (Å²) in [5.74, 6) is -3.42. The molecule has 0 amide bonds. The van der Waals surface area contributed by atoms with Gasteiger partial charge >= 0.3 is 17.9 Å². The van der Waals surface area contributed by atoms with Gasteiger partial charge in [-0.2, -0.15) is 0 Å². The van der Waals surface area contributed by atoms with Crippen molar-refractivity contribution in [3.05, 3.63) is 48.1 Å². The van der Waals surface area contributed by atoms with E-state index in [1.54, 1.807) is 0 Å². The van der Waals surface area contributed by atoms with Gasteiger partial charge in [-0.1, -0.05) is 25.8 Å². The first-order valence-electron chi connectivity index (χ1n) is 9.02. The Morgan fingerprint density at radius 2 is 1.93 bits per heavy atom. The molecule has 0 saturated carbocycles. The Balaban J connectivity index is 2.67. The summed E-state index contributed by atoms with van der Waals surface area (Å²) in [7, 11) is 0. The maximum atomic E-state index is 12.3. The van der Waals surface area contributed by atoms with Crippen LogP contribution in [0.4, 0.5) is 0 Å². The molecule has 1 saturated heterocycles. The third-order valence-electron chi connectivity index (χ3n) is 4.84. The van der Waals surface area contributed by atoms with E-state index < -0.39 is 48.2 Å². The van der Waals surface area contributed by atoms with E-state index in [1.165, 1.54) is 13.0 Å². The third kappa shape index (κ3) is 4.71. The standard InChI is InChI=1S/C21H24O8/c1-10(2)20(25)29-19-15-12(4)21(26)28-18(15)16(24)11(3)7-6-8-14(9-22)17(19)27-13(5)23/h8-9,15-19,24H,1,3-4,6-7H2,2,5H3/b14-8-/t15-,16-,17-,18-,19-/m0/s1. The SMILES string of the molecule is C=C(C)C(=O)O[C@H]1[C@H]2C(=C)C(=O)O[C@@H]2[C@@H](O)C(=C)CC/C=C(/C=O)[C@@H]1OC(C)=O. The Labute approximate surface area is 168 Å². The summed E-state index contributed by atoms with van der Waals surface area (Å²) in [6.45, 7) is 13.6. The van der Waals surface area contributed by atoms with Gasteiger partial charge in [-0.25, -0.2) is 9.59 Å². The number of allylic oxidation sites excluding steroid dienone is 1. The van der Waals surface area contributed by atoms with Crippen molar-refractivity contribution in [1.82, 2.24) is 0 Å². The van der Waals surface area contributed by atoms with E-state index in [0.29, 0.717) is 24.7 Å². The number of fused-ring (bicyclic) bond motifs is 1. The van der Waals surface area contributed by atoms with Crippen molar-refractivity contribution < 1.29 is 38.5 Å². The van der Waals surface area contributed by atoms with E-state index in [1.807, 2.05) is 0 Å². The zero-order valence-electron chi connectivity index (χ0n) is 16.4. The van der Waals surface area contributed by atoms with E-state index in [9.17, 15) is 24.3 Å². The van der Waals surface area contributed by atoms with E-state index in [0.717, 1.165) is 6.92 Å². The fourth-order valence-electron chi connectivity index (χ4n) is 3.34. The van der Waals surface area contributed by atoms with Gasteiger partial charge < -0.3 is 19.3 Å². The minimum absolute atomic E-state index is 0.0507. The van der Waals surface area contributed by atoms with Crippen molar-refractivity contribution in [3.63, 3.8) is 0 Å². The quantitative estimate of drug-likeness (QED) is 0.245. The van der Waals surface area contributed by atoms with Gasteiger partial charge in [0.1, 0.15) is 18.5 Å². The number of ether oxygens (including phenoxy) is 3. The van der Waals surface area contributed by atoms with Gasteiger partial charge in [0.25, 0.3) is 0 Å². The van der Waals surface area contributed by atoms with E-state index in [4.69, 9.17) is 14.2 Å². The van der Waals surface area contributed by atoms with Crippen LogP contribution in [0.15, 0.2) is 48.1 Å². The van der Waals surface area contributed by atoms with Crippen molar-refractivity contribution in [1.29, 1.82) is 0 Å². The second kappa shape index (κ2) is 9.00. The molecule has 1 N–H and O–H groups in total. The first-order valence-corrected chi connectivity index (χ1v) is 9.02. The fraction of sp³-hybridized carbons (Fsp3) is 0.429. The molecule has 0 aromatic rings. The molecule has 5 atom stereocenters. The molecule has 8 nitrogen and oxygen atoms in total. The number of esters is 3. The maximum absolute atomic E-state index is 12.3.